The van der Waals surface area contributed by atoms with Crippen molar-refractivity contribution in [2.45, 2.75) is 24.4 Å². The number of amides is 1. The van der Waals surface area contributed by atoms with Gasteiger partial charge in [0, 0.05) is 11.4 Å². The molecule has 10 heteroatoms. The van der Waals surface area contributed by atoms with E-state index >= 15 is 0 Å². The quantitative estimate of drug-likeness (QED) is 0.461. The Morgan fingerprint density at radius 1 is 0.969 bits per heavy atom. The molecule has 9 nitrogen and oxygen atoms in total. The third kappa shape index (κ3) is 5.16. The number of nitrogens with one attached hydrogen (secondary N) is 3. The van der Waals surface area contributed by atoms with Gasteiger partial charge in [0.25, 0.3) is 0 Å². The van der Waals surface area contributed by atoms with Gasteiger partial charge in [-0.1, -0.05) is 24.3 Å². The van der Waals surface area contributed by atoms with Crippen molar-refractivity contribution in [1.82, 2.24) is 5.32 Å². The molecule has 2 aliphatic heterocycles. The Morgan fingerprint density at radius 2 is 1.72 bits per heavy atom. The number of para-hydroxylation sites is 1. The van der Waals surface area contributed by atoms with Gasteiger partial charge in [0.2, 0.25) is 0 Å². The van der Waals surface area contributed by atoms with Crippen molar-refractivity contribution < 1.29 is 28.5 Å². The summed E-state index contributed by atoms with van der Waals surface area (Å²) >= 11 is 5.40. The highest BCUT2D eigenvalue weighted by Crippen LogP contribution is 2.29. The van der Waals surface area contributed by atoms with Crippen LogP contribution in [-0.2, 0) is 18.9 Å². The lowest BCUT2D eigenvalue weighted by Gasteiger charge is -2.20. The smallest absolute Gasteiger partial charge is 0.412 e. The van der Waals surface area contributed by atoms with E-state index in [1.807, 2.05) is 18.2 Å². The first-order chi connectivity index (χ1) is 15.5. The lowest BCUT2D eigenvalue weighted by Crippen LogP contribution is -2.46. The third-order valence-electron chi connectivity index (χ3n) is 5.14. The Bertz CT molecular complexity index is 989. The van der Waals surface area contributed by atoms with Crippen molar-refractivity contribution in [1.29, 1.82) is 0 Å². The van der Waals surface area contributed by atoms with Crippen LogP contribution in [0.5, 0.6) is 0 Å². The number of carbonyl (C=O) groups is 2. The Morgan fingerprint density at radius 3 is 2.50 bits per heavy atom. The molecular formula is C22H23N3O6S. The minimum Gasteiger partial charge on any atom is -0.465 e. The summed E-state index contributed by atoms with van der Waals surface area (Å²) < 4.78 is 21.9. The van der Waals surface area contributed by atoms with E-state index in [-0.39, 0.29) is 24.9 Å². The maximum atomic E-state index is 12.2. The van der Waals surface area contributed by atoms with E-state index < -0.39 is 18.2 Å². The second-order valence-corrected chi connectivity index (χ2v) is 7.72. The molecule has 2 saturated heterocycles. The number of ether oxygens (including phenoxy) is 4. The van der Waals surface area contributed by atoms with E-state index in [0.717, 1.165) is 0 Å². The van der Waals surface area contributed by atoms with Crippen LogP contribution in [0.4, 0.5) is 16.2 Å². The summed E-state index contributed by atoms with van der Waals surface area (Å²) in [6.07, 6.45) is -1.79. The van der Waals surface area contributed by atoms with Crippen LogP contribution in [0.3, 0.4) is 0 Å². The monoisotopic (exact) mass is 457 g/mol. The van der Waals surface area contributed by atoms with Crippen LogP contribution < -0.4 is 16.0 Å². The van der Waals surface area contributed by atoms with Gasteiger partial charge in [-0.25, -0.2) is 9.59 Å². The predicted octanol–water partition coefficient (Wildman–Crippen LogP) is 2.54. The van der Waals surface area contributed by atoms with Crippen LogP contribution in [0.1, 0.15) is 10.4 Å². The Balaban J connectivity index is 1.28. The molecule has 3 N–H and O–H groups in total. The van der Waals surface area contributed by atoms with Crippen molar-refractivity contribution in [3.63, 3.8) is 0 Å². The Kier molecular flexibility index (Phi) is 6.84. The number of thiocarbonyl (C=S) groups is 1. The first-order valence-corrected chi connectivity index (χ1v) is 10.5. The summed E-state index contributed by atoms with van der Waals surface area (Å²) in [5.41, 5.74) is 1.71. The number of benzene rings is 2. The molecule has 0 radical (unpaired) electrons. The van der Waals surface area contributed by atoms with Gasteiger partial charge < -0.3 is 29.6 Å². The topological polar surface area (TPSA) is 107 Å². The molecule has 2 aromatic carbocycles. The summed E-state index contributed by atoms with van der Waals surface area (Å²) in [6.45, 7) is 0.580. The molecule has 32 heavy (non-hydrogen) atoms. The number of hydrogen-bond donors (Lipinski definition) is 3. The number of esters is 1. The second-order valence-electron chi connectivity index (χ2n) is 7.31. The van der Waals surface area contributed by atoms with E-state index in [0.29, 0.717) is 28.7 Å². The summed E-state index contributed by atoms with van der Waals surface area (Å²) in [7, 11) is 1.33. The highest BCUT2D eigenvalue weighted by atomic mass is 32.1. The largest absolute Gasteiger partial charge is 0.465 e. The van der Waals surface area contributed by atoms with Gasteiger partial charge in [-0.2, -0.15) is 0 Å². The van der Waals surface area contributed by atoms with Crippen molar-refractivity contribution in [2.75, 3.05) is 31.0 Å². The van der Waals surface area contributed by atoms with Gasteiger partial charge in [-0.15, -0.1) is 0 Å². The van der Waals surface area contributed by atoms with Crippen molar-refractivity contribution >= 4 is 40.8 Å². The normalized spacial score (nSPS) is 23.7. The van der Waals surface area contributed by atoms with Crippen LogP contribution in [0.25, 0.3) is 0 Å². The first kappa shape index (κ1) is 22.0. The van der Waals surface area contributed by atoms with Crippen molar-refractivity contribution in [3.8, 4) is 0 Å². The molecule has 0 spiro atoms. The Labute approximate surface area is 190 Å². The zero-order valence-corrected chi connectivity index (χ0v) is 18.1. The lowest BCUT2D eigenvalue weighted by molar-refractivity contribution is 0.00880. The molecule has 2 heterocycles. The molecule has 4 atom stereocenters. The van der Waals surface area contributed by atoms with Gasteiger partial charge in [0.15, 0.2) is 11.2 Å². The van der Waals surface area contributed by atoms with E-state index in [2.05, 4.69) is 16.0 Å². The minimum absolute atomic E-state index is 0.213. The number of hydrogen-bond acceptors (Lipinski definition) is 7. The van der Waals surface area contributed by atoms with Gasteiger partial charge >= 0.3 is 12.1 Å². The highest BCUT2D eigenvalue weighted by molar-refractivity contribution is 7.80. The molecule has 0 aliphatic carbocycles. The minimum atomic E-state index is -0.562. The van der Waals surface area contributed by atoms with E-state index in [4.69, 9.17) is 31.2 Å². The van der Waals surface area contributed by atoms with Gasteiger partial charge in [0.1, 0.15) is 12.2 Å². The van der Waals surface area contributed by atoms with E-state index in [9.17, 15) is 9.59 Å². The van der Waals surface area contributed by atoms with Crippen LogP contribution >= 0.6 is 12.2 Å². The molecule has 0 bridgehead atoms. The van der Waals surface area contributed by atoms with Crippen molar-refractivity contribution in [3.05, 3.63) is 60.2 Å². The fourth-order valence-corrected chi connectivity index (χ4v) is 3.94. The molecule has 4 unspecified atom stereocenters. The van der Waals surface area contributed by atoms with Crippen LogP contribution in [0.2, 0.25) is 0 Å². The Hall–Kier alpha value is -3.21. The van der Waals surface area contributed by atoms with Crippen LogP contribution in [0.15, 0.2) is 54.6 Å². The average molecular weight is 458 g/mol. The average Bonchev–Trinajstić information content (AvgIpc) is 3.37. The fourth-order valence-electron chi connectivity index (χ4n) is 3.67. The predicted molar refractivity (Wildman–Crippen MR) is 121 cm³/mol. The summed E-state index contributed by atoms with van der Waals surface area (Å²) in [5.74, 6) is -0.429. The SMILES string of the molecule is COC(=O)c1cccc(NC(=S)NC2COC3C(OC(=O)Nc4ccccc4)COC23)c1. The highest BCUT2D eigenvalue weighted by Gasteiger charge is 2.49. The molecule has 1 amide bonds. The fraction of sp³-hybridized carbons (Fsp3) is 0.318. The second kappa shape index (κ2) is 9.94. The molecule has 168 valence electrons. The molecule has 0 saturated carbocycles. The zero-order valence-electron chi connectivity index (χ0n) is 17.3. The number of methoxy groups -OCH3 is 1. The molecule has 4 rings (SSSR count). The van der Waals surface area contributed by atoms with Crippen LogP contribution in [-0.4, -0.2) is 61.9 Å². The standard InChI is InChI=1S/C22H23N3O6S/c1-28-20(26)13-6-5-9-15(10-13)23-21(32)25-16-11-29-19-17(12-30-18(16)19)31-22(27)24-14-7-3-2-4-8-14/h2-10,16-19H,11-12H2,1H3,(H,24,27)(H2,23,25,32). The number of anilines is 2. The lowest BCUT2D eigenvalue weighted by atomic mass is 10.1. The van der Waals surface area contributed by atoms with E-state index in [1.165, 1.54) is 7.11 Å². The summed E-state index contributed by atoms with van der Waals surface area (Å²) in [5, 5.41) is 9.26. The maximum absolute atomic E-state index is 12.2. The number of carbonyl (C=O) groups excluding carboxylic acids is 2. The maximum Gasteiger partial charge on any atom is 0.412 e. The molecule has 2 aliphatic rings. The first-order valence-electron chi connectivity index (χ1n) is 10.1. The molecular weight excluding hydrogens is 434 g/mol. The third-order valence-corrected chi connectivity index (χ3v) is 5.36. The van der Waals surface area contributed by atoms with Gasteiger partial charge in [0.05, 0.1) is 31.9 Å². The molecule has 2 aromatic rings. The summed E-state index contributed by atoms with van der Waals surface area (Å²) in [4.78, 5) is 23.9. The van der Waals surface area contributed by atoms with Gasteiger partial charge in [-0.3, -0.25) is 5.32 Å². The number of rotatable bonds is 5. The molecule has 0 aromatic heterocycles. The van der Waals surface area contributed by atoms with Crippen molar-refractivity contribution in [2.24, 2.45) is 0 Å². The number of fused-ring (bicyclic) bond motifs is 1. The zero-order chi connectivity index (χ0) is 22.5. The van der Waals surface area contributed by atoms with Gasteiger partial charge in [-0.05, 0) is 42.5 Å². The summed E-state index contributed by atoms with van der Waals surface area (Å²) in [6, 6.07) is 15.7. The van der Waals surface area contributed by atoms with Crippen LogP contribution in [0, 0.1) is 0 Å². The van der Waals surface area contributed by atoms with E-state index in [1.54, 1.807) is 36.4 Å². The molecule has 2 fully saturated rings.